The maximum atomic E-state index is 14.6. The van der Waals surface area contributed by atoms with Crippen LogP contribution in [0.5, 0.6) is 0 Å². The third kappa shape index (κ3) is 12.9. The van der Waals surface area contributed by atoms with E-state index in [0.717, 1.165) is 57.7 Å². The van der Waals surface area contributed by atoms with Gasteiger partial charge in [0, 0.05) is 73.8 Å². The van der Waals surface area contributed by atoms with Crippen molar-refractivity contribution in [2.75, 3.05) is 43.3 Å². The Kier molecular flexibility index (Phi) is 16.8. The minimum absolute atomic E-state index is 0.00132. The summed E-state index contributed by atoms with van der Waals surface area (Å²) in [5, 5.41) is 7.70. The molecule has 0 bridgehead atoms. The number of carbonyl (C=O) groups is 3. The molecule has 2 atom stereocenters. The van der Waals surface area contributed by atoms with Crippen molar-refractivity contribution in [2.24, 2.45) is 38.6 Å². The van der Waals surface area contributed by atoms with Gasteiger partial charge in [0.25, 0.3) is 5.91 Å². The summed E-state index contributed by atoms with van der Waals surface area (Å²) in [5.41, 5.74) is 11.3. The monoisotopic (exact) mass is 1090 g/mol. The number of esters is 1. The van der Waals surface area contributed by atoms with Crippen LogP contribution in [0.2, 0.25) is 0 Å². The topological polar surface area (TPSA) is 139 Å². The fraction of sp³-hybridized carbons (Fsp3) is 0.382. The lowest BCUT2D eigenvalue weighted by Crippen LogP contribution is -2.49. The van der Waals surface area contributed by atoms with Gasteiger partial charge in [-0.15, -0.1) is 5.10 Å². The summed E-state index contributed by atoms with van der Waals surface area (Å²) < 4.78 is 8.20. The highest BCUT2D eigenvalue weighted by Gasteiger charge is 2.49. The standard InChI is InChI=1S/C41H54N6O2.C27H25N3O2/c1-24-21-29(40(6,7)8)34(30(22-24)41(9,10)11)49-38(48)32-33(42-12)37(43-31-20-19-28(46(13)14)23-25(31)2)47-36(32)44-35(45-47)26-15-17-27(18-16-26)39(3,4)5;1-17-9-11-19(12-10-17)28-27(32)23-16-25(21-7-5-6-8-22(21)26(23)31)29-24-14-13-20(30(3)4)15-18(24)2/h15-20,23-24,29-30,34H,21-22H2,1-11,13-14H3;5-16H,1-4H3,(H,28,32). The molecule has 1 aromatic heterocycles. The van der Waals surface area contributed by atoms with E-state index < -0.39 is 11.9 Å². The molecule has 2 heterocycles. The first kappa shape index (κ1) is 58.9. The Balaban J connectivity index is 0.000000232. The van der Waals surface area contributed by atoms with Crippen LogP contribution in [0.3, 0.4) is 0 Å². The summed E-state index contributed by atoms with van der Waals surface area (Å²) in [6.07, 6.45) is 3.23. The van der Waals surface area contributed by atoms with Crippen LogP contribution in [0.15, 0.2) is 137 Å². The quantitative estimate of drug-likeness (QED) is 0.0858. The number of benzene rings is 5. The zero-order chi connectivity index (χ0) is 59.0. The van der Waals surface area contributed by atoms with Crippen LogP contribution < -0.4 is 15.1 Å². The van der Waals surface area contributed by atoms with Gasteiger partial charge in [-0.2, -0.15) is 0 Å². The van der Waals surface area contributed by atoms with Crippen molar-refractivity contribution in [1.29, 1.82) is 0 Å². The summed E-state index contributed by atoms with van der Waals surface area (Å²) in [4.78, 5) is 63.4. The second-order valence-corrected chi connectivity index (χ2v) is 25.6. The van der Waals surface area contributed by atoms with E-state index in [1.807, 2.05) is 132 Å². The molecule has 1 amide bonds. The van der Waals surface area contributed by atoms with E-state index in [-0.39, 0.29) is 68.5 Å². The molecule has 2 aliphatic carbocycles. The smallest absolute Gasteiger partial charge is 0.331 e. The Morgan fingerprint density at radius 1 is 0.728 bits per heavy atom. The predicted molar refractivity (Wildman–Crippen MR) is 330 cm³/mol. The van der Waals surface area contributed by atoms with Gasteiger partial charge in [0.05, 0.1) is 29.2 Å². The molecule has 1 saturated carbocycles. The Hall–Kier alpha value is -8.24. The van der Waals surface area contributed by atoms with Crippen molar-refractivity contribution in [1.82, 2.24) is 14.8 Å². The summed E-state index contributed by atoms with van der Waals surface area (Å²) in [7, 11) is 7.97. The minimum Gasteiger partial charge on any atom is -0.459 e. The number of hydrogen-bond acceptors (Lipinski definition) is 10. The molecule has 420 valence electrons. The third-order valence-corrected chi connectivity index (χ3v) is 15.8. The molecule has 1 N–H and O–H groups in total. The van der Waals surface area contributed by atoms with Crippen molar-refractivity contribution in [3.05, 3.63) is 177 Å². The Morgan fingerprint density at radius 2 is 1.27 bits per heavy atom. The number of ketones is 1. The number of anilines is 3. The van der Waals surface area contributed by atoms with E-state index >= 15 is 0 Å². The number of amides is 1. The fourth-order valence-electron chi connectivity index (χ4n) is 10.9. The number of aromatic nitrogens is 3. The van der Waals surface area contributed by atoms with Crippen LogP contribution in [0, 0.1) is 55.9 Å². The number of Topliss-reactive ketones (excluding diaryl/α,β-unsaturated/α-hetero) is 1. The number of hydrogen-bond donors (Lipinski definition) is 1. The molecule has 0 radical (unpaired) electrons. The number of carbonyl (C=O) groups excluding carboxylic acids is 3. The highest BCUT2D eigenvalue weighted by molar-refractivity contribution is 6.37. The number of nitrogens with zero attached hydrogens (tertiary/aromatic N) is 8. The van der Waals surface area contributed by atoms with Gasteiger partial charge in [0.2, 0.25) is 5.70 Å². The molecule has 13 nitrogen and oxygen atoms in total. The number of nitrogens with one attached hydrogen (secondary N) is 1. The Bertz CT molecular complexity index is 3540. The molecule has 3 aliphatic rings. The van der Waals surface area contributed by atoms with E-state index in [4.69, 9.17) is 31.4 Å². The van der Waals surface area contributed by atoms with Gasteiger partial charge in [0.15, 0.2) is 23.3 Å². The minimum atomic E-state index is -0.540. The molecular weight excluding hydrogens is 1010 g/mol. The van der Waals surface area contributed by atoms with Gasteiger partial charge in [-0.1, -0.05) is 135 Å². The molecule has 6 aromatic rings. The van der Waals surface area contributed by atoms with Crippen LogP contribution in [0.1, 0.15) is 126 Å². The number of rotatable bonds is 9. The first-order valence-electron chi connectivity index (χ1n) is 27.9. The van der Waals surface area contributed by atoms with Gasteiger partial charge in [-0.3, -0.25) is 9.59 Å². The van der Waals surface area contributed by atoms with Crippen molar-refractivity contribution < 1.29 is 19.1 Å². The van der Waals surface area contributed by atoms with Crippen molar-refractivity contribution in [3.63, 3.8) is 0 Å². The van der Waals surface area contributed by atoms with Crippen molar-refractivity contribution >= 4 is 63.2 Å². The summed E-state index contributed by atoms with van der Waals surface area (Å²) in [6.45, 7) is 36.5. The molecule has 2 unspecified atom stereocenters. The summed E-state index contributed by atoms with van der Waals surface area (Å²) in [6, 6.07) is 34.9. The van der Waals surface area contributed by atoms with Crippen LogP contribution in [-0.4, -0.2) is 78.3 Å². The number of fused-ring (bicyclic) bond motifs is 2. The highest BCUT2D eigenvalue weighted by atomic mass is 16.5. The molecule has 1 fully saturated rings. The van der Waals surface area contributed by atoms with Gasteiger partial charge in [-0.05, 0) is 127 Å². The maximum Gasteiger partial charge on any atom is 0.331 e. The number of allylic oxidation sites excluding steroid dienone is 2. The first-order chi connectivity index (χ1) is 38.0. The predicted octanol–water partition coefficient (Wildman–Crippen LogP) is 14.8. The number of aliphatic imine (C=N–C) groups is 2. The first-order valence-corrected chi connectivity index (χ1v) is 27.9. The second kappa shape index (κ2) is 23.1. The van der Waals surface area contributed by atoms with Gasteiger partial charge >= 0.3 is 5.97 Å². The van der Waals surface area contributed by atoms with Gasteiger partial charge in [0.1, 0.15) is 11.7 Å². The van der Waals surface area contributed by atoms with Crippen LogP contribution in [0.4, 0.5) is 28.4 Å². The fourth-order valence-corrected chi connectivity index (χ4v) is 10.9. The van der Waals surface area contributed by atoms with Gasteiger partial charge in [-0.25, -0.2) is 29.3 Å². The lowest BCUT2D eigenvalue weighted by Gasteiger charge is -2.50. The molecule has 1 aliphatic heterocycles. The lowest BCUT2D eigenvalue weighted by molar-refractivity contribution is -0.162. The number of ether oxygens (including phenoxy) is 1. The second-order valence-electron chi connectivity index (χ2n) is 25.6. The SMILES string of the molecule is Cc1ccc(NC(=O)C2=CC(=Nc3ccc(N(C)C)cc3C)c3ccccc3C2=O)cc1.[C-]#[N+]C1=C(C(=O)OC2C(C(C)(C)C)CC(C)CC2C(C)(C)C)c2nc(-c3ccc(C(C)(C)C)cc3)nn2C1=Nc1ccc(N(C)C)cc1C. The Morgan fingerprint density at radius 3 is 1.78 bits per heavy atom. The van der Waals surface area contributed by atoms with E-state index in [9.17, 15) is 14.4 Å². The average Bonchev–Trinajstić information content (AvgIpc) is 3.05. The molecule has 13 heteroatoms. The molecule has 0 saturated heterocycles. The summed E-state index contributed by atoms with van der Waals surface area (Å²) in [5.74, 6) is 0.572. The maximum absolute atomic E-state index is 14.6. The molecule has 0 spiro atoms. The van der Waals surface area contributed by atoms with Crippen LogP contribution in [0.25, 0.3) is 21.8 Å². The Labute approximate surface area is 479 Å². The molecular formula is C68H79N9O4. The van der Waals surface area contributed by atoms with E-state index in [0.29, 0.717) is 34.4 Å². The van der Waals surface area contributed by atoms with Gasteiger partial charge < -0.3 is 19.9 Å². The molecule has 9 rings (SSSR count). The lowest BCUT2D eigenvalue weighted by atomic mass is 9.59. The highest BCUT2D eigenvalue weighted by Crippen LogP contribution is 2.50. The average molecular weight is 1090 g/mol. The van der Waals surface area contributed by atoms with Crippen LogP contribution in [-0.2, 0) is 19.7 Å². The van der Waals surface area contributed by atoms with Crippen molar-refractivity contribution in [3.8, 4) is 11.4 Å². The number of aryl methyl sites for hydroxylation is 3. The van der Waals surface area contributed by atoms with Crippen LogP contribution >= 0.6 is 0 Å². The molecule has 81 heavy (non-hydrogen) atoms. The third-order valence-electron chi connectivity index (χ3n) is 15.8. The van der Waals surface area contributed by atoms with E-state index in [1.165, 1.54) is 5.56 Å². The summed E-state index contributed by atoms with van der Waals surface area (Å²) >= 11 is 0. The van der Waals surface area contributed by atoms with E-state index in [2.05, 4.69) is 104 Å². The normalized spacial score (nSPS) is 19.0. The zero-order valence-corrected chi connectivity index (χ0v) is 50.4. The van der Waals surface area contributed by atoms with E-state index in [1.54, 1.807) is 22.9 Å². The van der Waals surface area contributed by atoms with Crippen molar-refractivity contribution in [2.45, 2.75) is 114 Å². The zero-order valence-electron chi connectivity index (χ0n) is 50.4. The largest absolute Gasteiger partial charge is 0.459 e. The molecule has 5 aromatic carbocycles.